The highest BCUT2D eigenvalue weighted by molar-refractivity contribution is 7.89. The number of carbonyl (C=O) groups excluding carboxylic acids is 1. The number of nitrogens with zero attached hydrogens (tertiary/aromatic N) is 2. The molecule has 0 bridgehead atoms. The summed E-state index contributed by atoms with van der Waals surface area (Å²) in [5.74, 6) is -5.25. The standard InChI is InChI=1S/C15H17F3N2O3S/c1-10(2)9-13(21)19-5-7-20(8-6-19)24(22,23)12-4-3-11(16)14(17)15(12)18/h3-4,9H,5-8H2,1-2H3. The third-order valence-corrected chi connectivity index (χ3v) is 5.50. The van der Waals surface area contributed by atoms with Gasteiger partial charge < -0.3 is 4.90 Å². The van der Waals surface area contributed by atoms with Gasteiger partial charge in [-0.2, -0.15) is 4.31 Å². The minimum atomic E-state index is -4.31. The molecule has 24 heavy (non-hydrogen) atoms. The van der Waals surface area contributed by atoms with E-state index in [1.54, 1.807) is 13.8 Å². The number of sulfonamides is 1. The fraction of sp³-hybridized carbons (Fsp3) is 0.400. The van der Waals surface area contributed by atoms with Gasteiger partial charge in [-0.05, 0) is 26.0 Å². The van der Waals surface area contributed by atoms with Gasteiger partial charge in [-0.3, -0.25) is 4.79 Å². The topological polar surface area (TPSA) is 57.7 Å². The highest BCUT2D eigenvalue weighted by Crippen LogP contribution is 2.24. The van der Waals surface area contributed by atoms with E-state index in [-0.39, 0.29) is 32.1 Å². The number of benzene rings is 1. The molecule has 0 unspecified atom stereocenters. The molecule has 132 valence electrons. The molecule has 5 nitrogen and oxygen atoms in total. The molecular weight excluding hydrogens is 345 g/mol. The van der Waals surface area contributed by atoms with Gasteiger partial charge in [0.1, 0.15) is 4.90 Å². The molecule has 1 aromatic carbocycles. The highest BCUT2D eigenvalue weighted by atomic mass is 32.2. The zero-order chi connectivity index (χ0) is 18.1. The Hall–Kier alpha value is -1.87. The van der Waals surface area contributed by atoms with E-state index in [1.165, 1.54) is 11.0 Å². The van der Waals surface area contributed by atoms with Crippen molar-refractivity contribution in [2.24, 2.45) is 0 Å². The summed E-state index contributed by atoms with van der Waals surface area (Å²) in [7, 11) is -4.31. The molecule has 2 rings (SSSR count). The van der Waals surface area contributed by atoms with Crippen molar-refractivity contribution >= 4 is 15.9 Å². The molecule has 1 amide bonds. The number of hydrogen-bond acceptors (Lipinski definition) is 3. The van der Waals surface area contributed by atoms with Crippen LogP contribution in [0.25, 0.3) is 0 Å². The van der Waals surface area contributed by atoms with E-state index in [9.17, 15) is 26.4 Å². The van der Waals surface area contributed by atoms with Gasteiger partial charge in [-0.15, -0.1) is 0 Å². The maximum Gasteiger partial charge on any atom is 0.246 e. The Morgan fingerprint density at radius 2 is 1.62 bits per heavy atom. The molecule has 1 aliphatic heterocycles. The van der Waals surface area contributed by atoms with E-state index >= 15 is 0 Å². The first-order chi connectivity index (χ1) is 11.1. The first-order valence-electron chi connectivity index (χ1n) is 7.22. The Morgan fingerprint density at radius 3 is 2.17 bits per heavy atom. The van der Waals surface area contributed by atoms with E-state index in [1.807, 2.05) is 0 Å². The predicted molar refractivity (Wildman–Crippen MR) is 81.1 cm³/mol. The van der Waals surface area contributed by atoms with Gasteiger partial charge in [0.2, 0.25) is 15.9 Å². The number of halogens is 3. The van der Waals surface area contributed by atoms with Crippen molar-refractivity contribution in [1.29, 1.82) is 0 Å². The molecular formula is C15H17F3N2O3S. The maximum absolute atomic E-state index is 13.8. The van der Waals surface area contributed by atoms with Crippen LogP contribution in [0.1, 0.15) is 13.8 Å². The zero-order valence-corrected chi connectivity index (χ0v) is 14.0. The number of carbonyl (C=O) groups is 1. The molecule has 0 radical (unpaired) electrons. The van der Waals surface area contributed by atoms with Gasteiger partial charge in [0.05, 0.1) is 0 Å². The number of piperazine rings is 1. The van der Waals surface area contributed by atoms with Crippen LogP contribution >= 0.6 is 0 Å². The van der Waals surface area contributed by atoms with Crippen LogP contribution in [0.2, 0.25) is 0 Å². The molecule has 1 aromatic rings. The van der Waals surface area contributed by atoms with E-state index in [0.29, 0.717) is 12.1 Å². The second kappa shape index (κ2) is 6.94. The average Bonchev–Trinajstić information content (AvgIpc) is 2.52. The second-order valence-corrected chi connectivity index (χ2v) is 7.53. The SMILES string of the molecule is CC(C)=CC(=O)N1CCN(S(=O)(=O)c2ccc(F)c(F)c2F)CC1. The van der Waals surface area contributed by atoms with Crippen molar-refractivity contribution in [3.63, 3.8) is 0 Å². The number of rotatable bonds is 3. The third-order valence-electron chi connectivity index (χ3n) is 3.58. The van der Waals surface area contributed by atoms with Crippen molar-refractivity contribution in [2.45, 2.75) is 18.7 Å². The fourth-order valence-electron chi connectivity index (χ4n) is 2.33. The molecule has 0 aromatic heterocycles. The van der Waals surface area contributed by atoms with Crippen molar-refractivity contribution in [2.75, 3.05) is 26.2 Å². The van der Waals surface area contributed by atoms with E-state index in [4.69, 9.17) is 0 Å². The number of amides is 1. The van der Waals surface area contributed by atoms with Crippen molar-refractivity contribution in [3.05, 3.63) is 41.2 Å². The van der Waals surface area contributed by atoms with E-state index in [0.717, 1.165) is 9.88 Å². The summed E-state index contributed by atoms with van der Waals surface area (Å²) in [6.45, 7) is 3.70. The molecule has 1 heterocycles. The Balaban J connectivity index is 2.18. The molecule has 0 saturated carbocycles. The van der Waals surface area contributed by atoms with Crippen molar-refractivity contribution < 1.29 is 26.4 Å². The van der Waals surface area contributed by atoms with Crippen LogP contribution in [0.3, 0.4) is 0 Å². The van der Waals surface area contributed by atoms with Gasteiger partial charge in [-0.1, -0.05) is 5.57 Å². The first kappa shape index (κ1) is 18.5. The maximum atomic E-state index is 13.8. The number of allylic oxidation sites excluding steroid dienone is 1. The lowest BCUT2D eigenvalue weighted by Crippen LogP contribution is -2.50. The normalized spacial score (nSPS) is 16.1. The summed E-state index contributed by atoms with van der Waals surface area (Å²) in [4.78, 5) is 12.5. The molecule has 1 fully saturated rings. The average molecular weight is 362 g/mol. The van der Waals surface area contributed by atoms with Gasteiger partial charge >= 0.3 is 0 Å². The van der Waals surface area contributed by atoms with Gasteiger partial charge in [0, 0.05) is 32.3 Å². The predicted octanol–water partition coefficient (Wildman–Crippen LogP) is 1.90. The van der Waals surface area contributed by atoms with Crippen LogP contribution in [0.4, 0.5) is 13.2 Å². The monoisotopic (exact) mass is 362 g/mol. The highest BCUT2D eigenvalue weighted by Gasteiger charge is 2.33. The fourth-order valence-corrected chi connectivity index (χ4v) is 3.81. The minimum Gasteiger partial charge on any atom is -0.337 e. The smallest absolute Gasteiger partial charge is 0.246 e. The van der Waals surface area contributed by atoms with Crippen LogP contribution in [-0.4, -0.2) is 49.7 Å². The van der Waals surface area contributed by atoms with Gasteiger partial charge in [0.15, 0.2) is 17.5 Å². The molecule has 0 spiro atoms. The summed E-state index contributed by atoms with van der Waals surface area (Å²) in [5.41, 5.74) is 0.818. The van der Waals surface area contributed by atoms with Gasteiger partial charge in [0.25, 0.3) is 0 Å². The van der Waals surface area contributed by atoms with Crippen LogP contribution in [-0.2, 0) is 14.8 Å². The summed E-state index contributed by atoms with van der Waals surface area (Å²) >= 11 is 0. The summed E-state index contributed by atoms with van der Waals surface area (Å²) in [6.07, 6.45) is 1.44. The van der Waals surface area contributed by atoms with Crippen molar-refractivity contribution in [3.8, 4) is 0 Å². The molecule has 9 heteroatoms. The molecule has 0 aliphatic carbocycles. The lowest BCUT2D eigenvalue weighted by molar-refractivity contribution is -0.127. The van der Waals surface area contributed by atoms with E-state index < -0.39 is 32.4 Å². The quantitative estimate of drug-likeness (QED) is 0.610. The third kappa shape index (κ3) is 3.62. The van der Waals surface area contributed by atoms with Crippen LogP contribution < -0.4 is 0 Å². The molecule has 1 saturated heterocycles. The molecule has 0 atom stereocenters. The Kier molecular flexibility index (Phi) is 5.34. The second-order valence-electron chi connectivity index (χ2n) is 5.62. The minimum absolute atomic E-state index is 0.0525. The largest absolute Gasteiger partial charge is 0.337 e. The summed E-state index contributed by atoms with van der Waals surface area (Å²) in [5, 5.41) is 0. The number of hydrogen-bond donors (Lipinski definition) is 0. The van der Waals surface area contributed by atoms with Crippen molar-refractivity contribution in [1.82, 2.24) is 9.21 Å². The lowest BCUT2D eigenvalue weighted by Gasteiger charge is -2.33. The van der Waals surface area contributed by atoms with Crippen LogP contribution in [0.5, 0.6) is 0 Å². The van der Waals surface area contributed by atoms with Crippen LogP contribution in [0, 0.1) is 17.5 Å². The van der Waals surface area contributed by atoms with Crippen LogP contribution in [0.15, 0.2) is 28.7 Å². The van der Waals surface area contributed by atoms with Gasteiger partial charge in [-0.25, -0.2) is 21.6 Å². The molecule has 1 aliphatic rings. The molecule has 0 N–H and O–H groups in total. The lowest BCUT2D eigenvalue weighted by atomic mass is 10.3. The Bertz CT molecular complexity index is 781. The zero-order valence-electron chi connectivity index (χ0n) is 13.2. The first-order valence-corrected chi connectivity index (χ1v) is 8.66. The van der Waals surface area contributed by atoms with E-state index in [2.05, 4.69) is 0 Å². The summed E-state index contributed by atoms with van der Waals surface area (Å²) in [6, 6.07) is 1.27. The summed E-state index contributed by atoms with van der Waals surface area (Å²) < 4.78 is 65.8. The Morgan fingerprint density at radius 1 is 1.04 bits per heavy atom. The Labute approximate surface area is 138 Å².